The van der Waals surface area contributed by atoms with Gasteiger partial charge >= 0.3 is 0 Å². The third-order valence-electron chi connectivity index (χ3n) is 5.36. The summed E-state index contributed by atoms with van der Waals surface area (Å²) >= 11 is 6.08. The maximum absolute atomic E-state index is 12.7. The minimum atomic E-state index is -3.81. The lowest BCUT2D eigenvalue weighted by atomic mass is 10.1. The first-order valence-electron chi connectivity index (χ1n) is 10.5. The van der Waals surface area contributed by atoms with Crippen molar-refractivity contribution in [3.8, 4) is 5.75 Å². The fourth-order valence-corrected chi connectivity index (χ4v) is 4.43. The summed E-state index contributed by atoms with van der Waals surface area (Å²) in [4.78, 5) is 12.8. The molecule has 174 valence electrons. The number of anilines is 2. The van der Waals surface area contributed by atoms with Crippen LogP contribution in [0.15, 0.2) is 65.6 Å². The second-order valence-corrected chi connectivity index (χ2v) is 9.88. The van der Waals surface area contributed by atoms with Crippen molar-refractivity contribution < 1.29 is 17.9 Å². The Kier molecular flexibility index (Phi) is 7.66. The molecule has 0 saturated carbocycles. The molecule has 0 bridgehead atoms. The number of hydrogen-bond donors (Lipinski definition) is 2. The van der Waals surface area contributed by atoms with E-state index in [9.17, 15) is 13.2 Å². The van der Waals surface area contributed by atoms with Crippen molar-refractivity contribution in [2.75, 3.05) is 10.0 Å². The van der Waals surface area contributed by atoms with Gasteiger partial charge in [-0.15, -0.1) is 0 Å². The Balaban J connectivity index is 1.69. The molecule has 3 aromatic rings. The summed E-state index contributed by atoms with van der Waals surface area (Å²) in [5.74, 6) is 0.322. The van der Waals surface area contributed by atoms with Gasteiger partial charge in [0, 0.05) is 10.7 Å². The van der Waals surface area contributed by atoms with Crippen molar-refractivity contribution >= 4 is 38.9 Å². The molecule has 0 radical (unpaired) electrons. The number of aryl methyl sites for hydroxylation is 2. The quantitative estimate of drug-likeness (QED) is 0.417. The third kappa shape index (κ3) is 6.06. The highest BCUT2D eigenvalue weighted by Gasteiger charge is 2.20. The Morgan fingerprint density at radius 3 is 2.33 bits per heavy atom. The molecule has 0 unspecified atom stereocenters. The molecule has 0 aliphatic heterocycles. The SMILES string of the molecule is CC[C@H](Oc1ccc(C)c(C)c1)C(=O)Nc1ccc(S(=O)(=O)Nc2cccc(Cl)c2C)cc1. The summed E-state index contributed by atoms with van der Waals surface area (Å²) in [7, 11) is -3.81. The fraction of sp³-hybridized carbons (Fsp3) is 0.240. The first-order valence-corrected chi connectivity index (χ1v) is 12.4. The summed E-state index contributed by atoms with van der Waals surface area (Å²) in [6.07, 6.45) is -0.198. The van der Waals surface area contributed by atoms with Gasteiger partial charge in [-0.1, -0.05) is 30.7 Å². The molecule has 3 rings (SSSR count). The van der Waals surface area contributed by atoms with E-state index in [1.807, 2.05) is 39.0 Å². The summed E-state index contributed by atoms with van der Waals surface area (Å²) < 4.78 is 33.9. The molecule has 0 saturated heterocycles. The first kappa shape index (κ1) is 24.6. The summed E-state index contributed by atoms with van der Waals surface area (Å²) in [5, 5.41) is 3.26. The second-order valence-electron chi connectivity index (χ2n) is 7.79. The minimum absolute atomic E-state index is 0.0679. The van der Waals surface area contributed by atoms with E-state index in [1.54, 1.807) is 37.3 Å². The molecular weight excluding hydrogens is 460 g/mol. The highest BCUT2D eigenvalue weighted by Crippen LogP contribution is 2.26. The number of nitrogens with one attached hydrogen (secondary N) is 2. The van der Waals surface area contributed by atoms with Gasteiger partial charge in [-0.3, -0.25) is 9.52 Å². The molecule has 33 heavy (non-hydrogen) atoms. The van der Waals surface area contributed by atoms with E-state index in [4.69, 9.17) is 16.3 Å². The van der Waals surface area contributed by atoms with Crippen LogP contribution in [0.25, 0.3) is 0 Å². The smallest absolute Gasteiger partial charge is 0.265 e. The van der Waals surface area contributed by atoms with Crippen LogP contribution in [-0.4, -0.2) is 20.4 Å². The van der Waals surface area contributed by atoms with Gasteiger partial charge in [0.1, 0.15) is 5.75 Å². The molecule has 3 aromatic carbocycles. The topological polar surface area (TPSA) is 84.5 Å². The molecule has 6 nitrogen and oxygen atoms in total. The molecule has 0 heterocycles. The summed E-state index contributed by atoms with van der Waals surface area (Å²) in [5.41, 5.74) is 3.76. The Morgan fingerprint density at radius 1 is 1.00 bits per heavy atom. The van der Waals surface area contributed by atoms with E-state index in [0.717, 1.165) is 11.1 Å². The molecule has 1 amide bonds. The summed E-state index contributed by atoms with van der Waals surface area (Å²) in [6, 6.07) is 16.7. The van der Waals surface area contributed by atoms with Crippen molar-refractivity contribution in [3.05, 3.63) is 82.4 Å². The normalized spacial score (nSPS) is 12.2. The van der Waals surface area contributed by atoms with Gasteiger partial charge in [0.15, 0.2) is 6.10 Å². The van der Waals surface area contributed by atoms with Crippen LogP contribution < -0.4 is 14.8 Å². The van der Waals surface area contributed by atoms with E-state index in [0.29, 0.717) is 34.1 Å². The highest BCUT2D eigenvalue weighted by molar-refractivity contribution is 7.92. The van der Waals surface area contributed by atoms with Gasteiger partial charge < -0.3 is 10.1 Å². The molecule has 1 atom stereocenters. The Morgan fingerprint density at radius 2 is 1.70 bits per heavy atom. The van der Waals surface area contributed by atoms with Crippen molar-refractivity contribution in [2.45, 2.75) is 45.1 Å². The van der Waals surface area contributed by atoms with E-state index >= 15 is 0 Å². The lowest BCUT2D eigenvalue weighted by molar-refractivity contribution is -0.122. The van der Waals surface area contributed by atoms with Crippen LogP contribution in [0.1, 0.15) is 30.0 Å². The van der Waals surface area contributed by atoms with Crippen LogP contribution in [0.2, 0.25) is 5.02 Å². The van der Waals surface area contributed by atoms with Gasteiger partial charge in [0.2, 0.25) is 0 Å². The maximum atomic E-state index is 12.7. The molecule has 0 aliphatic carbocycles. The number of rotatable bonds is 8. The Hall–Kier alpha value is -3.03. The number of halogens is 1. The van der Waals surface area contributed by atoms with E-state index < -0.39 is 16.1 Å². The highest BCUT2D eigenvalue weighted by atomic mass is 35.5. The Bertz CT molecular complexity index is 1260. The zero-order valence-electron chi connectivity index (χ0n) is 19.0. The maximum Gasteiger partial charge on any atom is 0.265 e. The van der Waals surface area contributed by atoms with Crippen LogP contribution in [0.5, 0.6) is 5.75 Å². The van der Waals surface area contributed by atoms with Crippen molar-refractivity contribution in [2.24, 2.45) is 0 Å². The number of sulfonamides is 1. The minimum Gasteiger partial charge on any atom is -0.481 e. The van der Waals surface area contributed by atoms with Crippen LogP contribution >= 0.6 is 11.6 Å². The third-order valence-corrected chi connectivity index (χ3v) is 7.15. The monoisotopic (exact) mass is 486 g/mol. The van der Waals surface area contributed by atoms with E-state index in [1.165, 1.54) is 12.1 Å². The molecular formula is C25H27ClN2O4S. The second kappa shape index (κ2) is 10.3. The lowest BCUT2D eigenvalue weighted by Crippen LogP contribution is -2.32. The number of amides is 1. The van der Waals surface area contributed by atoms with Gasteiger partial charge in [-0.25, -0.2) is 8.42 Å². The van der Waals surface area contributed by atoms with Crippen molar-refractivity contribution in [1.82, 2.24) is 0 Å². The van der Waals surface area contributed by atoms with Gasteiger partial charge in [0.25, 0.3) is 15.9 Å². The average molecular weight is 487 g/mol. The Labute approximate surface area is 200 Å². The molecule has 0 fully saturated rings. The zero-order chi connectivity index (χ0) is 24.2. The van der Waals surface area contributed by atoms with Gasteiger partial charge in [0.05, 0.1) is 10.6 Å². The first-order chi connectivity index (χ1) is 15.6. The van der Waals surface area contributed by atoms with Crippen LogP contribution in [0.3, 0.4) is 0 Å². The number of benzene rings is 3. The van der Waals surface area contributed by atoms with E-state index in [2.05, 4.69) is 10.0 Å². The predicted molar refractivity (Wildman–Crippen MR) is 133 cm³/mol. The molecule has 8 heteroatoms. The van der Waals surface area contributed by atoms with Gasteiger partial charge in [-0.2, -0.15) is 0 Å². The summed E-state index contributed by atoms with van der Waals surface area (Å²) in [6.45, 7) is 7.60. The predicted octanol–water partition coefficient (Wildman–Crippen LogP) is 5.86. The van der Waals surface area contributed by atoms with Crippen molar-refractivity contribution in [1.29, 1.82) is 0 Å². The van der Waals surface area contributed by atoms with E-state index in [-0.39, 0.29) is 10.8 Å². The molecule has 0 spiro atoms. The number of carbonyl (C=O) groups excluding carboxylic acids is 1. The van der Waals surface area contributed by atoms with Crippen LogP contribution in [-0.2, 0) is 14.8 Å². The standard InChI is InChI=1S/C25H27ClN2O4S/c1-5-24(32-20-12-9-16(2)17(3)15-20)25(29)27-19-10-13-21(14-11-19)33(30,31)28-23-8-6-7-22(26)18(23)4/h6-15,24,28H,5H2,1-4H3,(H,27,29)/t24-/m0/s1. The number of ether oxygens (including phenoxy) is 1. The van der Waals surface area contributed by atoms with Crippen molar-refractivity contribution in [3.63, 3.8) is 0 Å². The molecule has 2 N–H and O–H groups in total. The molecule has 0 aliphatic rings. The lowest BCUT2D eigenvalue weighted by Gasteiger charge is -2.18. The van der Waals surface area contributed by atoms with Gasteiger partial charge in [-0.05, 0) is 92.4 Å². The fourth-order valence-electron chi connectivity index (χ4n) is 3.14. The number of carbonyl (C=O) groups is 1. The van der Waals surface area contributed by atoms with Crippen LogP contribution in [0, 0.1) is 20.8 Å². The molecule has 0 aromatic heterocycles. The number of hydrogen-bond acceptors (Lipinski definition) is 4. The largest absolute Gasteiger partial charge is 0.481 e. The van der Waals surface area contributed by atoms with Crippen LogP contribution in [0.4, 0.5) is 11.4 Å². The average Bonchev–Trinajstić information content (AvgIpc) is 2.78. The zero-order valence-corrected chi connectivity index (χ0v) is 20.5.